The second-order valence-corrected chi connectivity index (χ2v) is 6.95. The van der Waals surface area contributed by atoms with Gasteiger partial charge in [-0.25, -0.2) is 4.98 Å². The molecule has 2 aromatic rings. The molecule has 0 saturated carbocycles. The molecule has 0 aromatic carbocycles. The Hall–Kier alpha value is -1.88. The average molecular weight is 514 g/mol. The predicted molar refractivity (Wildman–Crippen MR) is 124 cm³/mol. The maximum Gasteiger partial charge on any atom is 0.213 e. The molecule has 1 aliphatic heterocycles. The van der Waals surface area contributed by atoms with Crippen LogP contribution in [-0.2, 0) is 13.1 Å². The SMILES string of the molecule is CCCOc1ccc(CNC(=NC)N2CCN(Cc3cc(C)on3)CC2)cn1.I. The van der Waals surface area contributed by atoms with Gasteiger partial charge in [-0.2, -0.15) is 0 Å². The van der Waals surface area contributed by atoms with E-state index in [0.29, 0.717) is 19.0 Å². The van der Waals surface area contributed by atoms with Gasteiger partial charge in [0.25, 0.3) is 0 Å². The zero-order chi connectivity index (χ0) is 19.8. The fourth-order valence-corrected chi connectivity index (χ4v) is 3.16. The van der Waals surface area contributed by atoms with E-state index in [1.807, 2.05) is 38.4 Å². The minimum Gasteiger partial charge on any atom is -0.478 e. The minimum atomic E-state index is 0. The van der Waals surface area contributed by atoms with E-state index in [1.54, 1.807) is 0 Å². The highest BCUT2D eigenvalue weighted by atomic mass is 127. The summed E-state index contributed by atoms with van der Waals surface area (Å²) in [6.07, 6.45) is 2.83. The monoisotopic (exact) mass is 514 g/mol. The number of hydrogen-bond acceptors (Lipinski definition) is 6. The molecule has 0 spiro atoms. The van der Waals surface area contributed by atoms with Crippen molar-refractivity contribution in [3.8, 4) is 5.88 Å². The molecular weight excluding hydrogens is 483 g/mol. The first-order valence-electron chi connectivity index (χ1n) is 9.85. The highest BCUT2D eigenvalue weighted by Gasteiger charge is 2.20. The van der Waals surface area contributed by atoms with Gasteiger partial charge >= 0.3 is 0 Å². The van der Waals surface area contributed by atoms with Crippen molar-refractivity contribution in [3.05, 3.63) is 41.4 Å². The summed E-state index contributed by atoms with van der Waals surface area (Å²) in [4.78, 5) is 13.5. The Morgan fingerprint density at radius 2 is 2.07 bits per heavy atom. The number of ether oxygens (including phenoxy) is 1. The van der Waals surface area contributed by atoms with Crippen molar-refractivity contribution in [2.24, 2.45) is 4.99 Å². The van der Waals surface area contributed by atoms with Crippen LogP contribution in [0.4, 0.5) is 0 Å². The minimum absolute atomic E-state index is 0. The van der Waals surface area contributed by atoms with Crippen LogP contribution in [0, 0.1) is 6.92 Å². The smallest absolute Gasteiger partial charge is 0.213 e. The summed E-state index contributed by atoms with van der Waals surface area (Å²) in [7, 11) is 1.83. The van der Waals surface area contributed by atoms with Crippen LogP contribution in [0.5, 0.6) is 5.88 Å². The molecule has 1 aliphatic rings. The lowest BCUT2D eigenvalue weighted by molar-refractivity contribution is 0.169. The van der Waals surface area contributed by atoms with Crippen molar-refractivity contribution in [1.82, 2.24) is 25.3 Å². The molecule has 9 heteroatoms. The number of piperazine rings is 1. The van der Waals surface area contributed by atoms with Gasteiger partial charge in [-0.15, -0.1) is 24.0 Å². The van der Waals surface area contributed by atoms with E-state index in [4.69, 9.17) is 9.26 Å². The number of pyridine rings is 1. The van der Waals surface area contributed by atoms with Crippen molar-refractivity contribution in [3.63, 3.8) is 0 Å². The van der Waals surface area contributed by atoms with E-state index in [9.17, 15) is 0 Å². The number of rotatable bonds is 7. The average Bonchev–Trinajstić information content (AvgIpc) is 3.13. The van der Waals surface area contributed by atoms with Crippen LogP contribution in [0.1, 0.15) is 30.4 Å². The third-order valence-electron chi connectivity index (χ3n) is 4.65. The quantitative estimate of drug-likeness (QED) is 0.346. The van der Waals surface area contributed by atoms with Gasteiger partial charge in [-0.3, -0.25) is 9.89 Å². The Labute approximate surface area is 189 Å². The molecule has 8 nitrogen and oxygen atoms in total. The highest BCUT2D eigenvalue weighted by Crippen LogP contribution is 2.10. The number of guanidine groups is 1. The van der Waals surface area contributed by atoms with Crippen molar-refractivity contribution >= 4 is 29.9 Å². The lowest BCUT2D eigenvalue weighted by Gasteiger charge is -2.36. The molecule has 0 unspecified atom stereocenters. The number of aryl methyl sites for hydroxylation is 1. The summed E-state index contributed by atoms with van der Waals surface area (Å²) in [6.45, 7) is 10.0. The topological polar surface area (TPSA) is 79.0 Å². The standard InChI is InChI=1S/C20H30N6O2.HI/c1-4-11-27-19-6-5-17(13-22-19)14-23-20(21-3)26-9-7-25(8-10-26)15-18-12-16(2)28-24-18;/h5-6,12-13H,4,7-11,14-15H2,1-3H3,(H,21,23);1H. The number of nitrogens with zero attached hydrogens (tertiary/aromatic N) is 5. The zero-order valence-corrected chi connectivity index (χ0v) is 19.8. The maximum atomic E-state index is 5.53. The van der Waals surface area contributed by atoms with Gasteiger partial charge in [0.2, 0.25) is 5.88 Å². The molecule has 0 amide bonds. The van der Waals surface area contributed by atoms with Crippen molar-refractivity contribution in [1.29, 1.82) is 0 Å². The molecule has 1 fully saturated rings. The molecule has 160 valence electrons. The summed E-state index contributed by atoms with van der Waals surface area (Å²) in [5, 5.41) is 7.52. The second kappa shape index (κ2) is 12.0. The van der Waals surface area contributed by atoms with Gasteiger partial charge < -0.3 is 19.5 Å². The summed E-state index contributed by atoms with van der Waals surface area (Å²) in [6, 6.07) is 5.95. The van der Waals surface area contributed by atoms with E-state index in [-0.39, 0.29) is 24.0 Å². The highest BCUT2D eigenvalue weighted by molar-refractivity contribution is 14.0. The van der Waals surface area contributed by atoms with Gasteiger partial charge in [0.1, 0.15) is 5.76 Å². The number of hydrogen-bond donors (Lipinski definition) is 1. The summed E-state index contributed by atoms with van der Waals surface area (Å²) in [5.41, 5.74) is 2.09. The van der Waals surface area contributed by atoms with Crippen molar-refractivity contribution in [2.45, 2.75) is 33.4 Å². The van der Waals surface area contributed by atoms with Crippen LogP contribution in [0.15, 0.2) is 33.9 Å². The fraction of sp³-hybridized carbons (Fsp3) is 0.550. The van der Waals surface area contributed by atoms with Crippen LogP contribution in [0.3, 0.4) is 0 Å². The van der Waals surface area contributed by atoms with E-state index in [2.05, 4.69) is 37.2 Å². The summed E-state index contributed by atoms with van der Waals surface area (Å²) >= 11 is 0. The van der Waals surface area contributed by atoms with Gasteiger partial charge in [0, 0.05) is 64.6 Å². The molecule has 3 rings (SSSR count). The third-order valence-corrected chi connectivity index (χ3v) is 4.65. The van der Waals surface area contributed by atoms with E-state index >= 15 is 0 Å². The van der Waals surface area contributed by atoms with Crippen molar-refractivity contribution in [2.75, 3.05) is 39.8 Å². The molecule has 0 aliphatic carbocycles. The first-order chi connectivity index (χ1) is 13.7. The second-order valence-electron chi connectivity index (χ2n) is 6.95. The molecule has 2 aromatic heterocycles. The fourth-order valence-electron chi connectivity index (χ4n) is 3.16. The van der Waals surface area contributed by atoms with Crippen LogP contribution in [-0.4, -0.2) is 65.7 Å². The molecule has 29 heavy (non-hydrogen) atoms. The van der Waals surface area contributed by atoms with E-state index < -0.39 is 0 Å². The third kappa shape index (κ3) is 7.14. The normalized spacial score (nSPS) is 15.1. The van der Waals surface area contributed by atoms with Gasteiger partial charge in [0.05, 0.1) is 12.3 Å². The zero-order valence-electron chi connectivity index (χ0n) is 17.4. The number of aliphatic imine (C=N–C) groups is 1. The molecule has 0 bridgehead atoms. The van der Waals surface area contributed by atoms with Crippen LogP contribution < -0.4 is 10.1 Å². The number of nitrogens with one attached hydrogen (secondary N) is 1. The molecule has 0 atom stereocenters. The van der Waals surface area contributed by atoms with Crippen LogP contribution >= 0.6 is 24.0 Å². The first-order valence-corrected chi connectivity index (χ1v) is 9.85. The maximum absolute atomic E-state index is 5.53. The van der Waals surface area contributed by atoms with Gasteiger partial charge in [-0.1, -0.05) is 18.1 Å². The van der Waals surface area contributed by atoms with Crippen LogP contribution in [0.25, 0.3) is 0 Å². The van der Waals surface area contributed by atoms with Gasteiger partial charge in [0.15, 0.2) is 5.96 Å². The van der Waals surface area contributed by atoms with Crippen molar-refractivity contribution < 1.29 is 9.26 Å². The predicted octanol–water partition coefficient (Wildman–Crippen LogP) is 2.68. The Balaban J connectivity index is 0.00000300. The molecular formula is C20H31IN6O2. The molecule has 1 saturated heterocycles. The largest absolute Gasteiger partial charge is 0.478 e. The Morgan fingerprint density at radius 1 is 1.28 bits per heavy atom. The summed E-state index contributed by atoms with van der Waals surface area (Å²) < 4.78 is 10.7. The molecule has 1 N–H and O–H groups in total. The molecule has 3 heterocycles. The molecule has 0 radical (unpaired) electrons. The lowest BCUT2D eigenvalue weighted by Crippen LogP contribution is -2.52. The van der Waals surface area contributed by atoms with Gasteiger partial charge in [-0.05, 0) is 18.9 Å². The Kier molecular flexibility index (Phi) is 9.65. The summed E-state index contributed by atoms with van der Waals surface area (Å²) in [5.74, 6) is 2.45. The number of halogens is 1. The van der Waals surface area contributed by atoms with Crippen LogP contribution in [0.2, 0.25) is 0 Å². The van der Waals surface area contributed by atoms with E-state index in [0.717, 1.165) is 62.1 Å². The van der Waals surface area contributed by atoms with E-state index in [1.165, 1.54) is 0 Å². The first kappa shape index (κ1) is 23.4. The lowest BCUT2D eigenvalue weighted by atomic mass is 10.2. The Bertz CT molecular complexity index is 757. The Morgan fingerprint density at radius 3 is 2.66 bits per heavy atom. The number of aromatic nitrogens is 2.